The molecule has 0 unspecified atom stereocenters. The smallest absolute Gasteiger partial charge is 0.259 e. The zero-order valence-corrected chi connectivity index (χ0v) is 18.8. The molecule has 1 aliphatic heterocycles. The highest BCUT2D eigenvalue weighted by molar-refractivity contribution is 7.08. The van der Waals surface area contributed by atoms with Crippen LogP contribution in [0.15, 0.2) is 77.5 Å². The lowest BCUT2D eigenvalue weighted by Gasteiger charge is -2.55. The second kappa shape index (κ2) is 8.97. The van der Waals surface area contributed by atoms with E-state index < -0.39 is 0 Å². The molecular formula is C27H30N2OS. The molecule has 2 heterocycles. The molecule has 31 heavy (non-hydrogen) atoms. The Labute approximate surface area is 189 Å². The minimum atomic E-state index is 0.146. The van der Waals surface area contributed by atoms with Crippen LogP contribution in [0.4, 0.5) is 5.69 Å². The van der Waals surface area contributed by atoms with E-state index >= 15 is 0 Å². The maximum atomic E-state index is 13.3. The van der Waals surface area contributed by atoms with Gasteiger partial charge in [0.25, 0.3) is 5.91 Å². The molecule has 0 radical (unpaired) electrons. The lowest BCUT2D eigenvalue weighted by Crippen LogP contribution is -2.56. The van der Waals surface area contributed by atoms with Crippen LogP contribution in [-0.4, -0.2) is 36.5 Å². The van der Waals surface area contributed by atoms with Crippen molar-refractivity contribution in [2.24, 2.45) is 5.41 Å². The summed E-state index contributed by atoms with van der Waals surface area (Å²) in [4.78, 5) is 18.0. The number of piperidine rings is 1. The van der Waals surface area contributed by atoms with Crippen LogP contribution in [0, 0.1) is 5.41 Å². The summed E-state index contributed by atoms with van der Waals surface area (Å²) in [6, 6.07) is 23.3. The molecule has 2 fully saturated rings. The Morgan fingerprint density at radius 2 is 1.65 bits per heavy atom. The van der Waals surface area contributed by atoms with Crippen molar-refractivity contribution in [2.45, 2.75) is 38.1 Å². The molecule has 0 bridgehead atoms. The number of hydrogen-bond acceptors (Lipinski definition) is 3. The molecule has 0 N–H and O–H groups in total. The van der Waals surface area contributed by atoms with E-state index in [0.29, 0.717) is 11.5 Å². The third kappa shape index (κ3) is 4.46. The Morgan fingerprint density at radius 3 is 2.29 bits per heavy atom. The predicted molar refractivity (Wildman–Crippen MR) is 129 cm³/mol. The van der Waals surface area contributed by atoms with E-state index in [-0.39, 0.29) is 5.91 Å². The first-order chi connectivity index (χ1) is 15.2. The molecule has 3 nitrogen and oxygen atoms in total. The monoisotopic (exact) mass is 430 g/mol. The maximum Gasteiger partial charge on any atom is 0.259 e. The molecule has 1 saturated carbocycles. The first kappa shape index (κ1) is 20.5. The number of benzene rings is 2. The van der Waals surface area contributed by atoms with Gasteiger partial charge in [0.1, 0.15) is 0 Å². The van der Waals surface area contributed by atoms with Gasteiger partial charge in [-0.2, -0.15) is 11.3 Å². The van der Waals surface area contributed by atoms with E-state index in [0.717, 1.165) is 37.1 Å². The molecule has 4 heteroatoms. The van der Waals surface area contributed by atoms with Crippen molar-refractivity contribution in [3.8, 4) is 0 Å². The van der Waals surface area contributed by atoms with Crippen LogP contribution >= 0.6 is 11.3 Å². The molecule has 3 aromatic rings. The Hall–Kier alpha value is -2.43. The largest absolute Gasteiger partial charge is 0.305 e. The van der Waals surface area contributed by atoms with Crippen LogP contribution in [0.2, 0.25) is 0 Å². The number of carbonyl (C=O) groups excluding carboxylic acids is 1. The highest BCUT2D eigenvalue weighted by Gasteiger charge is 2.49. The summed E-state index contributed by atoms with van der Waals surface area (Å²) in [6.45, 7) is 3.52. The van der Waals surface area contributed by atoms with Gasteiger partial charge in [-0.05, 0) is 79.8 Å². The second-order valence-corrected chi connectivity index (χ2v) is 9.94. The number of rotatable bonds is 6. The highest BCUT2D eigenvalue weighted by Crippen LogP contribution is 2.51. The van der Waals surface area contributed by atoms with Crippen LogP contribution in [0.3, 0.4) is 0 Å². The van der Waals surface area contributed by atoms with Crippen molar-refractivity contribution in [1.82, 2.24) is 4.90 Å². The fraction of sp³-hybridized carbons (Fsp3) is 0.370. The Bertz CT molecular complexity index is 971. The Balaban J connectivity index is 1.20. The number of para-hydroxylation sites is 1. The molecule has 1 spiro atoms. The van der Waals surface area contributed by atoms with Gasteiger partial charge in [0.2, 0.25) is 0 Å². The maximum absolute atomic E-state index is 13.3. The molecule has 160 valence electrons. The van der Waals surface area contributed by atoms with Gasteiger partial charge in [0.05, 0.1) is 5.56 Å². The van der Waals surface area contributed by atoms with E-state index in [1.54, 1.807) is 11.3 Å². The van der Waals surface area contributed by atoms with Gasteiger partial charge < -0.3 is 9.80 Å². The fourth-order valence-electron chi connectivity index (χ4n) is 5.32. The number of carbonyl (C=O) groups is 1. The third-order valence-electron chi connectivity index (χ3n) is 7.20. The third-order valence-corrected chi connectivity index (χ3v) is 7.88. The van der Waals surface area contributed by atoms with Gasteiger partial charge >= 0.3 is 0 Å². The highest BCUT2D eigenvalue weighted by atomic mass is 32.1. The van der Waals surface area contributed by atoms with E-state index in [9.17, 15) is 4.79 Å². The first-order valence-corrected chi connectivity index (χ1v) is 12.3. The van der Waals surface area contributed by atoms with E-state index in [1.165, 1.54) is 31.5 Å². The number of hydrogen-bond donors (Lipinski definition) is 0. The van der Waals surface area contributed by atoms with Gasteiger partial charge in [-0.1, -0.05) is 48.5 Å². The number of thiophene rings is 1. The first-order valence-electron chi connectivity index (χ1n) is 11.4. The van der Waals surface area contributed by atoms with Crippen molar-refractivity contribution < 1.29 is 4.79 Å². The van der Waals surface area contributed by atoms with Crippen molar-refractivity contribution >= 4 is 22.9 Å². The normalized spacial score (nSPS) is 18.6. The minimum Gasteiger partial charge on any atom is -0.305 e. The molecule has 0 atom stereocenters. The number of anilines is 1. The summed E-state index contributed by atoms with van der Waals surface area (Å²) in [6.07, 6.45) is 5.91. The Kier molecular flexibility index (Phi) is 5.93. The zero-order chi connectivity index (χ0) is 21.1. The topological polar surface area (TPSA) is 23.6 Å². The molecular weight excluding hydrogens is 400 g/mol. The SMILES string of the molecule is O=C(c1ccsc1)N(c1ccccc1)C1CC2(CCN(CCc3ccccc3)CC2)C1. The lowest BCUT2D eigenvalue weighted by molar-refractivity contribution is 0.0157. The minimum absolute atomic E-state index is 0.146. The fourth-order valence-corrected chi connectivity index (χ4v) is 5.95. The molecule has 5 rings (SSSR count). The van der Waals surface area contributed by atoms with Crippen molar-refractivity contribution in [2.75, 3.05) is 24.5 Å². The molecule has 1 aliphatic carbocycles. The van der Waals surface area contributed by atoms with Crippen LogP contribution in [-0.2, 0) is 6.42 Å². The standard InChI is InChI=1S/C27H30N2OS/c30-26(23-12-18-31-21-23)29(24-9-5-2-6-10-24)25-19-27(20-25)13-16-28(17-14-27)15-11-22-7-3-1-4-8-22/h1-10,12,18,21,25H,11,13-17,19-20H2. The average Bonchev–Trinajstić information content (AvgIpc) is 3.34. The van der Waals surface area contributed by atoms with Gasteiger partial charge in [-0.15, -0.1) is 0 Å². The summed E-state index contributed by atoms with van der Waals surface area (Å²) in [5, 5.41) is 3.96. The Morgan fingerprint density at radius 1 is 0.968 bits per heavy atom. The van der Waals surface area contributed by atoms with Crippen LogP contribution < -0.4 is 4.90 Å². The van der Waals surface area contributed by atoms with Crippen LogP contribution in [0.1, 0.15) is 41.6 Å². The summed E-state index contributed by atoms with van der Waals surface area (Å²) < 4.78 is 0. The van der Waals surface area contributed by atoms with Gasteiger partial charge in [-0.3, -0.25) is 4.79 Å². The molecule has 1 saturated heterocycles. The van der Waals surface area contributed by atoms with Gasteiger partial charge in [0.15, 0.2) is 0 Å². The van der Waals surface area contributed by atoms with E-state index in [2.05, 4.69) is 52.3 Å². The van der Waals surface area contributed by atoms with Crippen LogP contribution in [0.25, 0.3) is 0 Å². The molecule has 2 aromatic carbocycles. The molecule has 2 aliphatic rings. The zero-order valence-electron chi connectivity index (χ0n) is 18.0. The van der Waals surface area contributed by atoms with Crippen molar-refractivity contribution in [3.05, 3.63) is 88.6 Å². The number of likely N-dealkylation sites (tertiary alicyclic amines) is 1. The predicted octanol–water partition coefficient (Wildman–Crippen LogP) is 5.88. The lowest BCUT2D eigenvalue weighted by atomic mass is 9.60. The van der Waals surface area contributed by atoms with E-state index in [1.807, 2.05) is 35.0 Å². The summed E-state index contributed by atoms with van der Waals surface area (Å²) in [5.41, 5.74) is 3.69. The summed E-state index contributed by atoms with van der Waals surface area (Å²) >= 11 is 1.59. The quantitative estimate of drug-likeness (QED) is 0.487. The van der Waals surface area contributed by atoms with Gasteiger partial charge in [-0.25, -0.2) is 0 Å². The average molecular weight is 431 g/mol. The van der Waals surface area contributed by atoms with Crippen molar-refractivity contribution in [1.29, 1.82) is 0 Å². The number of nitrogens with zero attached hydrogens (tertiary/aromatic N) is 2. The molecule has 1 amide bonds. The second-order valence-electron chi connectivity index (χ2n) is 9.16. The number of amides is 1. The molecule has 1 aromatic heterocycles. The summed E-state index contributed by atoms with van der Waals surface area (Å²) in [5.74, 6) is 0.146. The van der Waals surface area contributed by atoms with Crippen LogP contribution in [0.5, 0.6) is 0 Å². The van der Waals surface area contributed by atoms with Gasteiger partial charge in [0, 0.05) is 23.7 Å². The summed E-state index contributed by atoms with van der Waals surface area (Å²) in [7, 11) is 0. The van der Waals surface area contributed by atoms with Crippen molar-refractivity contribution in [3.63, 3.8) is 0 Å². The van der Waals surface area contributed by atoms with E-state index in [4.69, 9.17) is 0 Å².